The van der Waals surface area contributed by atoms with E-state index in [-0.39, 0.29) is 23.9 Å². The molecular weight excluding hydrogens is 428 g/mol. The van der Waals surface area contributed by atoms with E-state index >= 15 is 0 Å². The van der Waals surface area contributed by atoms with E-state index < -0.39 is 0 Å². The first-order chi connectivity index (χ1) is 16.6. The summed E-state index contributed by atoms with van der Waals surface area (Å²) >= 11 is 0. The molecule has 182 valence electrons. The number of para-hydroxylation sites is 1. The SMILES string of the molecule is COc1ccc(C(CNC(=O)C2CCCN(C(=O)Nc3ccccc3)C2)N2CCCCC2)cc1. The zero-order chi connectivity index (χ0) is 23.8. The van der Waals surface area contributed by atoms with Crippen LogP contribution >= 0.6 is 0 Å². The van der Waals surface area contributed by atoms with Crippen LogP contribution in [0.4, 0.5) is 10.5 Å². The van der Waals surface area contributed by atoms with Crippen LogP contribution in [0.5, 0.6) is 5.75 Å². The van der Waals surface area contributed by atoms with Crippen LogP contribution in [-0.2, 0) is 4.79 Å². The Kier molecular flexibility index (Phi) is 8.41. The van der Waals surface area contributed by atoms with Crippen molar-refractivity contribution in [3.63, 3.8) is 0 Å². The van der Waals surface area contributed by atoms with Crippen LogP contribution in [0.2, 0.25) is 0 Å². The summed E-state index contributed by atoms with van der Waals surface area (Å²) in [5, 5.41) is 6.15. The molecule has 0 aliphatic carbocycles. The lowest BCUT2D eigenvalue weighted by atomic mass is 9.96. The number of nitrogens with one attached hydrogen (secondary N) is 2. The molecule has 34 heavy (non-hydrogen) atoms. The molecule has 2 unspecified atom stereocenters. The van der Waals surface area contributed by atoms with Gasteiger partial charge in [-0.05, 0) is 68.6 Å². The summed E-state index contributed by atoms with van der Waals surface area (Å²) in [7, 11) is 1.67. The molecule has 0 spiro atoms. The van der Waals surface area contributed by atoms with E-state index in [1.54, 1.807) is 12.0 Å². The Balaban J connectivity index is 1.36. The van der Waals surface area contributed by atoms with Crippen LogP contribution in [0.25, 0.3) is 0 Å². The second-order valence-electron chi connectivity index (χ2n) is 9.21. The highest BCUT2D eigenvalue weighted by Gasteiger charge is 2.30. The average Bonchev–Trinajstić information content (AvgIpc) is 2.90. The molecule has 2 aliphatic heterocycles. The van der Waals surface area contributed by atoms with Crippen LogP contribution in [-0.4, -0.2) is 61.6 Å². The smallest absolute Gasteiger partial charge is 0.321 e. The van der Waals surface area contributed by atoms with Crippen molar-refractivity contribution in [3.05, 3.63) is 60.2 Å². The largest absolute Gasteiger partial charge is 0.497 e. The Morgan fingerprint density at radius 3 is 2.41 bits per heavy atom. The van der Waals surface area contributed by atoms with Gasteiger partial charge in [0.1, 0.15) is 5.75 Å². The number of hydrogen-bond donors (Lipinski definition) is 2. The summed E-state index contributed by atoms with van der Waals surface area (Å²) in [6, 6.07) is 17.6. The summed E-state index contributed by atoms with van der Waals surface area (Å²) in [5.41, 5.74) is 1.96. The Labute approximate surface area is 202 Å². The van der Waals surface area contributed by atoms with Crippen LogP contribution < -0.4 is 15.4 Å². The normalized spacial score (nSPS) is 19.8. The van der Waals surface area contributed by atoms with E-state index in [0.29, 0.717) is 19.6 Å². The third kappa shape index (κ3) is 6.29. The van der Waals surface area contributed by atoms with Gasteiger partial charge in [0.2, 0.25) is 5.91 Å². The van der Waals surface area contributed by atoms with Gasteiger partial charge in [0, 0.05) is 25.3 Å². The number of carbonyl (C=O) groups is 2. The molecule has 2 aliphatic rings. The monoisotopic (exact) mass is 464 g/mol. The van der Waals surface area contributed by atoms with E-state index in [0.717, 1.165) is 37.4 Å². The molecule has 2 heterocycles. The molecule has 0 radical (unpaired) electrons. The van der Waals surface area contributed by atoms with Gasteiger partial charge in [-0.2, -0.15) is 0 Å². The number of anilines is 1. The molecule has 2 fully saturated rings. The van der Waals surface area contributed by atoms with Crippen molar-refractivity contribution in [2.45, 2.75) is 38.1 Å². The minimum Gasteiger partial charge on any atom is -0.497 e. The van der Waals surface area contributed by atoms with Gasteiger partial charge in [-0.3, -0.25) is 9.69 Å². The van der Waals surface area contributed by atoms with Crippen LogP contribution in [0, 0.1) is 5.92 Å². The maximum atomic E-state index is 13.1. The van der Waals surface area contributed by atoms with Crippen molar-refractivity contribution < 1.29 is 14.3 Å². The first kappa shape index (κ1) is 24.1. The fraction of sp³-hybridized carbons (Fsp3) is 0.481. The van der Waals surface area contributed by atoms with Gasteiger partial charge in [0.25, 0.3) is 0 Å². The van der Waals surface area contributed by atoms with Crippen molar-refractivity contribution in [2.75, 3.05) is 45.2 Å². The van der Waals surface area contributed by atoms with E-state index in [1.165, 1.54) is 24.8 Å². The number of piperidine rings is 2. The summed E-state index contributed by atoms with van der Waals surface area (Å²) in [6.07, 6.45) is 5.27. The quantitative estimate of drug-likeness (QED) is 0.641. The molecule has 2 atom stereocenters. The van der Waals surface area contributed by atoms with Crippen LogP contribution in [0.1, 0.15) is 43.7 Å². The predicted molar refractivity (Wildman–Crippen MR) is 134 cm³/mol. The van der Waals surface area contributed by atoms with Crippen molar-refractivity contribution in [2.24, 2.45) is 5.92 Å². The summed E-state index contributed by atoms with van der Waals surface area (Å²) in [4.78, 5) is 30.1. The molecule has 2 saturated heterocycles. The predicted octanol–water partition coefficient (Wildman–Crippen LogP) is 4.28. The number of nitrogens with zero attached hydrogens (tertiary/aromatic N) is 2. The van der Waals surface area contributed by atoms with E-state index in [1.807, 2.05) is 42.5 Å². The Bertz CT molecular complexity index is 929. The van der Waals surface area contributed by atoms with Gasteiger partial charge in [0.15, 0.2) is 0 Å². The third-order valence-electron chi connectivity index (χ3n) is 6.91. The Morgan fingerprint density at radius 2 is 1.71 bits per heavy atom. The number of rotatable bonds is 7. The second-order valence-corrected chi connectivity index (χ2v) is 9.21. The number of hydrogen-bond acceptors (Lipinski definition) is 4. The minimum atomic E-state index is -0.187. The zero-order valence-corrected chi connectivity index (χ0v) is 20.0. The Hall–Kier alpha value is -3.06. The summed E-state index contributed by atoms with van der Waals surface area (Å²) < 4.78 is 5.32. The molecule has 2 aromatic carbocycles. The maximum Gasteiger partial charge on any atom is 0.321 e. The highest BCUT2D eigenvalue weighted by Crippen LogP contribution is 2.26. The fourth-order valence-electron chi connectivity index (χ4n) is 4.96. The standard InChI is InChI=1S/C27H36N4O3/c1-34-24-14-12-21(13-15-24)25(30-16-6-3-7-17-30)19-28-26(32)22-9-8-18-31(20-22)27(33)29-23-10-4-2-5-11-23/h2,4-5,10-15,22,25H,3,6-9,16-20H2,1H3,(H,28,32)(H,29,33). The van der Waals surface area contributed by atoms with Gasteiger partial charge in [-0.15, -0.1) is 0 Å². The topological polar surface area (TPSA) is 73.9 Å². The lowest BCUT2D eigenvalue weighted by molar-refractivity contribution is -0.126. The Morgan fingerprint density at radius 1 is 0.971 bits per heavy atom. The lowest BCUT2D eigenvalue weighted by Gasteiger charge is -2.36. The number of methoxy groups -OCH3 is 1. The maximum absolute atomic E-state index is 13.1. The first-order valence-electron chi connectivity index (χ1n) is 12.4. The van der Waals surface area contributed by atoms with Crippen molar-refractivity contribution in [3.8, 4) is 5.75 Å². The molecule has 4 rings (SSSR count). The zero-order valence-electron chi connectivity index (χ0n) is 20.0. The molecule has 0 saturated carbocycles. The molecule has 2 aromatic rings. The molecular formula is C27H36N4O3. The van der Waals surface area contributed by atoms with Crippen LogP contribution in [0.3, 0.4) is 0 Å². The van der Waals surface area contributed by atoms with Gasteiger partial charge in [-0.25, -0.2) is 4.79 Å². The van der Waals surface area contributed by atoms with E-state index in [2.05, 4.69) is 27.7 Å². The number of urea groups is 1. The molecule has 3 amide bonds. The van der Waals surface area contributed by atoms with Gasteiger partial charge >= 0.3 is 6.03 Å². The third-order valence-corrected chi connectivity index (χ3v) is 6.91. The van der Waals surface area contributed by atoms with Gasteiger partial charge in [-0.1, -0.05) is 36.8 Å². The van der Waals surface area contributed by atoms with Gasteiger partial charge in [0.05, 0.1) is 19.1 Å². The number of likely N-dealkylation sites (tertiary alicyclic amines) is 2. The highest BCUT2D eigenvalue weighted by atomic mass is 16.5. The second kappa shape index (κ2) is 11.9. The lowest BCUT2D eigenvalue weighted by Crippen LogP contribution is -2.48. The molecule has 0 aromatic heterocycles. The number of carbonyl (C=O) groups excluding carboxylic acids is 2. The van der Waals surface area contributed by atoms with Crippen molar-refractivity contribution in [1.82, 2.24) is 15.1 Å². The number of amides is 3. The van der Waals surface area contributed by atoms with E-state index in [4.69, 9.17) is 4.74 Å². The van der Waals surface area contributed by atoms with Crippen LogP contribution in [0.15, 0.2) is 54.6 Å². The minimum absolute atomic E-state index is 0.0349. The summed E-state index contributed by atoms with van der Waals surface area (Å²) in [6.45, 7) is 3.77. The fourth-order valence-corrected chi connectivity index (χ4v) is 4.96. The average molecular weight is 465 g/mol. The molecule has 7 heteroatoms. The highest BCUT2D eigenvalue weighted by molar-refractivity contribution is 5.90. The molecule has 2 N–H and O–H groups in total. The number of benzene rings is 2. The van der Waals surface area contributed by atoms with Gasteiger partial charge < -0.3 is 20.3 Å². The molecule has 0 bridgehead atoms. The van der Waals surface area contributed by atoms with E-state index in [9.17, 15) is 9.59 Å². The molecule has 7 nitrogen and oxygen atoms in total. The summed E-state index contributed by atoms with van der Waals surface area (Å²) in [5.74, 6) is 0.683. The van der Waals surface area contributed by atoms with Crippen molar-refractivity contribution >= 4 is 17.6 Å². The first-order valence-corrected chi connectivity index (χ1v) is 12.4. The van der Waals surface area contributed by atoms with Crippen molar-refractivity contribution in [1.29, 1.82) is 0 Å². The number of ether oxygens (including phenoxy) is 1.